The van der Waals surface area contributed by atoms with E-state index in [-0.39, 0.29) is 0 Å². The van der Waals surface area contributed by atoms with E-state index in [1.54, 1.807) is 0 Å². The third-order valence-corrected chi connectivity index (χ3v) is 4.78. The number of hydrogen-bond donors (Lipinski definition) is 0. The summed E-state index contributed by atoms with van der Waals surface area (Å²) in [5, 5.41) is 0. The summed E-state index contributed by atoms with van der Waals surface area (Å²) >= 11 is 0. The Morgan fingerprint density at radius 3 is 0.792 bits per heavy atom. The first-order valence-corrected chi connectivity index (χ1v) is 15.6. The molecule has 0 atom stereocenters. The summed E-state index contributed by atoms with van der Waals surface area (Å²) in [7, 11) is -2.83. The lowest BCUT2D eigenvalue weighted by molar-refractivity contribution is -0.00742. The monoisotopic (exact) mass is 382 g/mol. The summed E-state index contributed by atoms with van der Waals surface area (Å²) in [4.78, 5) is 0. The smallest absolute Gasteiger partial charge is 0.183 e. The second-order valence-electron chi connectivity index (χ2n) is 7.37. The van der Waals surface area contributed by atoms with Crippen molar-refractivity contribution in [3.05, 3.63) is 0 Å². The largest absolute Gasteiger partial charge is 0.415 e. The SMILES string of the molecule is C[Si](C)(C)OCCOCCOCCOCCOCCO[Si](C)(C)C. The Bertz CT molecular complexity index is 251. The second kappa shape index (κ2) is 14.4. The van der Waals surface area contributed by atoms with E-state index in [4.69, 9.17) is 27.8 Å². The molecule has 0 aromatic rings. The van der Waals surface area contributed by atoms with Gasteiger partial charge in [0.1, 0.15) is 0 Å². The molecule has 146 valence electrons. The molecule has 0 N–H and O–H groups in total. The first-order valence-electron chi connectivity index (χ1n) is 8.79. The van der Waals surface area contributed by atoms with Crippen LogP contribution in [0.25, 0.3) is 0 Å². The Morgan fingerprint density at radius 1 is 0.375 bits per heavy atom. The van der Waals surface area contributed by atoms with E-state index in [0.29, 0.717) is 66.1 Å². The summed E-state index contributed by atoms with van der Waals surface area (Å²) < 4.78 is 33.1. The van der Waals surface area contributed by atoms with Crippen LogP contribution in [0.1, 0.15) is 0 Å². The van der Waals surface area contributed by atoms with Gasteiger partial charge in [0.15, 0.2) is 16.6 Å². The minimum absolute atomic E-state index is 0.577. The van der Waals surface area contributed by atoms with Crippen LogP contribution < -0.4 is 0 Å². The standard InChI is InChI=1S/C16H38O6Si2/c1-23(2,3)21-15-13-19-11-9-17-7-8-18-10-12-20-14-16-22-24(4,5)6/h7-16H2,1-6H3. The molecule has 0 aromatic heterocycles. The van der Waals surface area contributed by atoms with Crippen LogP contribution in [0.5, 0.6) is 0 Å². The molecule has 24 heavy (non-hydrogen) atoms. The van der Waals surface area contributed by atoms with E-state index in [1.807, 2.05) is 0 Å². The molecule has 0 aromatic carbocycles. The average molecular weight is 383 g/mol. The Morgan fingerprint density at radius 2 is 0.583 bits per heavy atom. The highest BCUT2D eigenvalue weighted by Gasteiger charge is 2.13. The maximum absolute atomic E-state index is 5.69. The fourth-order valence-electron chi connectivity index (χ4n) is 1.58. The zero-order chi connectivity index (χ0) is 18.3. The van der Waals surface area contributed by atoms with Crippen molar-refractivity contribution >= 4 is 16.6 Å². The summed E-state index contributed by atoms with van der Waals surface area (Å²) in [5.41, 5.74) is 0. The Kier molecular flexibility index (Phi) is 14.5. The van der Waals surface area contributed by atoms with E-state index >= 15 is 0 Å². The predicted molar refractivity (Wildman–Crippen MR) is 102 cm³/mol. The van der Waals surface area contributed by atoms with Gasteiger partial charge in [-0.05, 0) is 39.3 Å². The molecule has 0 saturated heterocycles. The minimum atomic E-state index is -1.41. The van der Waals surface area contributed by atoms with Crippen molar-refractivity contribution in [1.29, 1.82) is 0 Å². The van der Waals surface area contributed by atoms with Crippen molar-refractivity contribution in [2.24, 2.45) is 0 Å². The van der Waals surface area contributed by atoms with Gasteiger partial charge in [0.05, 0.1) is 66.1 Å². The molecule has 0 radical (unpaired) electrons. The van der Waals surface area contributed by atoms with Crippen molar-refractivity contribution in [2.75, 3.05) is 66.1 Å². The predicted octanol–water partition coefficient (Wildman–Crippen LogP) is 2.76. The van der Waals surface area contributed by atoms with Crippen LogP contribution in [0.4, 0.5) is 0 Å². The molecule has 6 nitrogen and oxygen atoms in total. The Labute approximate surface area is 150 Å². The van der Waals surface area contributed by atoms with E-state index in [1.165, 1.54) is 0 Å². The molecule has 0 amide bonds. The maximum Gasteiger partial charge on any atom is 0.183 e. The van der Waals surface area contributed by atoms with Crippen LogP contribution in [0.3, 0.4) is 0 Å². The van der Waals surface area contributed by atoms with Gasteiger partial charge in [0.25, 0.3) is 0 Å². The van der Waals surface area contributed by atoms with Crippen LogP contribution in [0.2, 0.25) is 39.3 Å². The topological polar surface area (TPSA) is 55.4 Å². The van der Waals surface area contributed by atoms with Crippen LogP contribution in [0, 0.1) is 0 Å². The quantitative estimate of drug-likeness (QED) is 0.285. The Balaban J connectivity index is 3.08. The van der Waals surface area contributed by atoms with Crippen LogP contribution in [0.15, 0.2) is 0 Å². The van der Waals surface area contributed by atoms with E-state index in [0.717, 1.165) is 0 Å². The van der Waals surface area contributed by atoms with Crippen molar-refractivity contribution < 1.29 is 27.8 Å². The highest BCUT2D eigenvalue weighted by molar-refractivity contribution is 6.70. The number of ether oxygens (including phenoxy) is 4. The van der Waals surface area contributed by atoms with Gasteiger partial charge >= 0.3 is 0 Å². The van der Waals surface area contributed by atoms with Gasteiger partial charge in [-0.25, -0.2) is 0 Å². The molecule has 8 heteroatoms. The van der Waals surface area contributed by atoms with Gasteiger partial charge in [0, 0.05) is 0 Å². The Hall–Kier alpha value is 0.194. The van der Waals surface area contributed by atoms with Crippen molar-refractivity contribution in [2.45, 2.75) is 39.3 Å². The van der Waals surface area contributed by atoms with Gasteiger partial charge in [-0.1, -0.05) is 0 Å². The average Bonchev–Trinajstić information content (AvgIpc) is 2.44. The summed E-state index contributed by atoms with van der Waals surface area (Å²) in [5.74, 6) is 0. The maximum atomic E-state index is 5.69. The molecule has 0 spiro atoms. The van der Waals surface area contributed by atoms with Gasteiger partial charge in [-0.2, -0.15) is 0 Å². The lowest BCUT2D eigenvalue weighted by Crippen LogP contribution is -2.27. The molecule has 0 heterocycles. The summed E-state index contributed by atoms with van der Waals surface area (Å²) in [6, 6.07) is 0. The molecule has 0 aliphatic heterocycles. The molecule has 0 bridgehead atoms. The van der Waals surface area contributed by atoms with E-state index < -0.39 is 16.6 Å². The lowest BCUT2D eigenvalue weighted by Gasteiger charge is -2.17. The third kappa shape index (κ3) is 22.2. The zero-order valence-corrected chi connectivity index (χ0v) is 18.5. The third-order valence-electron chi connectivity index (χ3n) is 2.64. The normalized spacial score (nSPS) is 12.8. The number of rotatable bonds is 17. The fraction of sp³-hybridized carbons (Fsp3) is 1.00. The van der Waals surface area contributed by atoms with Crippen molar-refractivity contribution in [3.8, 4) is 0 Å². The van der Waals surface area contributed by atoms with Gasteiger partial charge in [-0.15, -0.1) is 0 Å². The second-order valence-corrected chi connectivity index (χ2v) is 16.4. The number of hydrogen-bond acceptors (Lipinski definition) is 6. The minimum Gasteiger partial charge on any atom is -0.415 e. The van der Waals surface area contributed by atoms with E-state index in [9.17, 15) is 0 Å². The molecule has 0 aliphatic rings. The molecular formula is C16H38O6Si2. The van der Waals surface area contributed by atoms with Crippen molar-refractivity contribution in [1.82, 2.24) is 0 Å². The van der Waals surface area contributed by atoms with Gasteiger partial charge in [0.2, 0.25) is 0 Å². The van der Waals surface area contributed by atoms with Gasteiger partial charge < -0.3 is 27.8 Å². The summed E-state index contributed by atoms with van der Waals surface area (Å²) in [6.07, 6.45) is 0. The van der Waals surface area contributed by atoms with Gasteiger partial charge in [-0.3, -0.25) is 0 Å². The zero-order valence-electron chi connectivity index (χ0n) is 16.5. The molecule has 0 unspecified atom stereocenters. The van der Waals surface area contributed by atoms with Crippen LogP contribution >= 0.6 is 0 Å². The first kappa shape index (κ1) is 24.2. The molecule has 0 fully saturated rings. The molecule has 0 rings (SSSR count). The fourth-order valence-corrected chi connectivity index (χ4v) is 2.97. The highest BCUT2D eigenvalue weighted by atomic mass is 28.4. The molecular weight excluding hydrogens is 344 g/mol. The highest BCUT2D eigenvalue weighted by Crippen LogP contribution is 2.02. The molecule has 0 saturated carbocycles. The lowest BCUT2D eigenvalue weighted by atomic mass is 10.7. The van der Waals surface area contributed by atoms with Crippen LogP contribution in [-0.2, 0) is 27.8 Å². The van der Waals surface area contributed by atoms with E-state index in [2.05, 4.69) is 39.3 Å². The molecule has 0 aliphatic carbocycles. The summed E-state index contributed by atoms with van der Waals surface area (Å²) in [6.45, 7) is 19.1. The van der Waals surface area contributed by atoms with Crippen LogP contribution in [-0.4, -0.2) is 82.7 Å². The van der Waals surface area contributed by atoms with Crippen molar-refractivity contribution in [3.63, 3.8) is 0 Å². The first-order chi connectivity index (χ1) is 11.2.